The first-order chi connectivity index (χ1) is 9.05. The average molecular weight is 307 g/mol. The van der Waals surface area contributed by atoms with E-state index in [-0.39, 0.29) is 5.75 Å². The highest BCUT2D eigenvalue weighted by molar-refractivity contribution is 7.85. The molecule has 0 spiro atoms. The van der Waals surface area contributed by atoms with E-state index in [0.29, 0.717) is 5.56 Å². The summed E-state index contributed by atoms with van der Waals surface area (Å²) in [5, 5.41) is 0. The molecule has 0 amide bonds. The van der Waals surface area contributed by atoms with Gasteiger partial charge in [0, 0.05) is 11.8 Å². The Kier molecular flexibility index (Phi) is 4.96. The summed E-state index contributed by atoms with van der Waals surface area (Å²) < 4.78 is 57.7. The third kappa shape index (κ3) is 4.33. The predicted molar refractivity (Wildman–Crippen MR) is 73.5 cm³/mol. The molecule has 1 rings (SSSR count). The third-order valence-corrected chi connectivity index (χ3v) is 3.72. The second-order valence-electron chi connectivity index (χ2n) is 5.05. The summed E-state index contributed by atoms with van der Waals surface area (Å²) in [5.41, 5.74) is -0.457. The molecule has 0 aliphatic carbocycles. The fourth-order valence-corrected chi connectivity index (χ4v) is 1.78. The van der Waals surface area contributed by atoms with E-state index in [1.165, 1.54) is 19.4 Å². The molecule has 0 N–H and O–H groups in total. The molecular weight excluding hydrogens is 291 g/mol. The Labute approximate surface area is 118 Å². The Hall–Kier alpha value is -1.37. The minimum absolute atomic E-state index is 0.0366. The third-order valence-electron chi connectivity index (χ3n) is 2.37. The van der Waals surface area contributed by atoms with Gasteiger partial charge in [-0.05, 0) is 39.0 Å². The first-order valence-electron chi connectivity index (χ1n) is 5.77. The molecule has 112 valence electrons. The predicted octanol–water partition coefficient (Wildman–Crippen LogP) is 3.60. The largest absolute Gasteiger partial charge is 0.496 e. The van der Waals surface area contributed by atoms with Crippen LogP contribution in [0.5, 0.6) is 5.75 Å². The number of hydrogen-bond acceptors (Lipinski definition) is 2. The van der Waals surface area contributed by atoms with Crippen molar-refractivity contribution in [3.63, 3.8) is 0 Å². The van der Waals surface area contributed by atoms with E-state index in [4.69, 9.17) is 4.74 Å². The van der Waals surface area contributed by atoms with Crippen molar-refractivity contribution in [3.8, 4) is 5.75 Å². The van der Waals surface area contributed by atoms with Crippen LogP contribution in [0.4, 0.5) is 13.2 Å². The second kappa shape index (κ2) is 5.95. The lowest BCUT2D eigenvalue weighted by Gasteiger charge is -2.13. The standard InChI is InChI=1S/C13H16F3NO2S/c1-12(2,3)20(18)17-8-9-5-6-10(13(14,15)16)7-11(9)19-4/h5-8H,1-4H3. The number of rotatable bonds is 3. The molecule has 0 saturated carbocycles. The van der Waals surface area contributed by atoms with Crippen LogP contribution in [0.1, 0.15) is 31.9 Å². The maximum atomic E-state index is 12.6. The smallest absolute Gasteiger partial charge is 0.416 e. The Morgan fingerprint density at radius 3 is 2.30 bits per heavy atom. The van der Waals surface area contributed by atoms with Crippen molar-refractivity contribution in [3.05, 3.63) is 29.3 Å². The Bertz CT molecular complexity index is 533. The molecule has 7 heteroatoms. The monoisotopic (exact) mass is 307 g/mol. The van der Waals surface area contributed by atoms with Gasteiger partial charge in [0.25, 0.3) is 0 Å². The summed E-state index contributed by atoms with van der Waals surface area (Å²) in [6, 6.07) is 3.07. The zero-order valence-electron chi connectivity index (χ0n) is 11.6. The van der Waals surface area contributed by atoms with Gasteiger partial charge >= 0.3 is 6.18 Å². The van der Waals surface area contributed by atoms with Gasteiger partial charge in [0.2, 0.25) is 0 Å². The number of hydrogen-bond donors (Lipinski definition) is 0. The molecule has 0 fully saturated rings. The SMILES string of the molecule is COc1cc(C(F)(F)F)ccc1C=NS(=O)C(C)(C)C. The van der Waals surface area contributed by atoms with Gasteiger partial charge < -0.3 is 4.74 Å². The molecule has 0 radical (unpaired) electrons. The number of alkyl halides is 3. The molecule has 1 atom stereocenters. The molecule has 1 aromatic carbocycles. The first-order valence-corrected chi connectivity index (χ1v) is 6.87. The van der Waals surface area contributed by atoms with E-state index < -0.39 is 27.5 Å². The van der Waals surface area contributed by atoms with Gasteiger partial charge in [-0.3, -0.25) is 0 Å². The number of benzene rings is 1. The zero-order chi connectivity index (χ0) is 15.6. The number of methoxy groups -OCH3 is 1. The first kappa shape index (κ1) is 16.7. The summed E-state index contributed by atoms with van der Waals surface area (Å²) in [4.78, 5) is 0. The van der Waals surface area contributed by atoms with Crippen molar-refractivity contribution in [2.24, 2.45) is 4.40 Å². The van der Waals surface area contributed by atoms with Crippen LogP contribution in [-0.2, 0) is 17.2 Å². The maximum absolute atomic E-state index is 12.6. The van der Waals surface area contributed by atoms with Gasteiger partial charge in [0.05, 0.1) is 17.4 Å². The highest BCUT2D eigenvalue weighted by atomic mass is 32.2. The van der Waals surface area contributed by atoms with Crippen LogP contribution in [0.3, 0.4) is 0 Å². The van der Waals surface area contributed by atoms with Gasteiger partial charge in [-0.2, -0.15) is 17.6 Å². The average Bonchev–Trinajstić information content (AvgIpc) is 2.33. The molecular formula is C13H16F3NO2S. The van der Waals surface area contributed by atoms with Crippen LogP contribution < -0.4 is 4.74 Å². The fraction of sp³-hybridized carbons (Fsp3) is 0.462. The molecule has 0 aliphatic rings. The Balaban J connectivity index is 3.09. The zero-order valence-corrected chi connectivity index (χ0v) is 12.4. The lowest BCUT2D eigenvalue weighted by molar-refractivity contribution is -0.137. The summed E-state index contributed by atoms with van der Waals surface area (Å²) in [5.74, 6) is 0.0366. The number of ether oxygens (including phenoxy) is 1. The van der Waals surface area contributed by atoms with E-state index in [1.807, 2.05) is 0 Å². The van der Waals surface area contributed by atoms with Crippen molar-refractivity contribution >= 4 is 17.2 Å². The topological polar surface area (TPSA) is 38.7 Å². The maximum Gasteiger partial charge on any atom is 0.416 e. The van der Waals surface area contributed by atoms with Gasteiger partial charge in [0.1, 0.15) is 16.7 Å². The highest BCUT2D eigenvalue weighted by Crippen LogP contribution is 2.32. The lowest BCUT2D eigenvalue weighted by atomic mass is 10.1. The van der Waals surface area contributed by atoms with Crippen molar-refractivity contribution in [1.82, 2.24) is 0 Å². The molecule has 0 bridgehead atoms. The van der Waals surface area contributed by atoms with Gasteiger partial charge in [-0.1, -0.05) is 0 Å². The summed E-state index contributed by atoms with van der Waals surface area (Å²) in [6.45, 7) is 5.26. The molecule has 0 aromatic heterocycles. The van der Waals surface area contributed by atoms with E-state index in [2.05, 4.69) is 4.40 Å². The van der Waals surface area contributed by atoms with E-state index >= 15 is 0 Å². The second-order valence-corrected chi connectivity index (χ2v) is 6.98. The van der Waals surface area contributed by atoms with E-state index in [0.717, 1.165) is 12.1 Å². The quantitative estimate of drug-likeness (QED) is 0.800. The van der Waals surface area contributed by atoms with Crippen molar-refractivity contribution in [2.45, 2.75) is 31.7 Å². The van der Waals surface area contributed by atoms with Gasteiger partial charge in [-0.15, -0.1) is 0 Å². The summed E-state index contributed by atoms with van der Waals surface area (Å²) >= 11 is 0. The van der Waals surface area contributed by atoms with Gasteiger partial charge in [0.15, 0.2) is 0 Å². The fourth-order valence-electron chi connectivity index (χ4n) is 1.26. The molecule has 1 unspecified atom stereocenters. The molecule has 1 aromatic rings. The van der Waals surface area contributed by atoms with Crippen molar-refractivity contribution in [2.75, 3.05) is 7.11 Å². The van der Waals surface area contributed by atoms with Crippen LogP contribution in [-0.4, -0.2) is 22.3 Å². The van der Waals surface area contributed by atoms with Crippen LogP contribution in [0.25, 0.3) is 0 Å². The summed E-state index contributed by atoms with van der Waals surface area (Å²) in [6.07, 6.45) is -3.17. The molecule has 0 saturated heterocycles. The van der Waals surface area contributed by atoms with Crippen molar-refractivity contribution < 1.29 is 22.1 Å². The molecule has 0 aliphatic heterocycles. The number of nitrogens with zero attached hydrogens (tertiary/aromatic N) is 1. The summed E-state index contributed by atoms with van der Waals surface area (Å²) in [7, 11) is -0.207. The highest BCUT2D eigenvalue weighted by Gasteiger charge is 2.31. The van der Waals surface area contributed by atoms with Crippen LogP contribution in [0.2, 0.25) is 0 Å². The molecule has 20 heavy (non-hydrogen) atoms. The lowest BCUT2D eigenvalue weighted by Crippen LogP contribution is -2.19. The normalized spacial score (nSPS) is 14.6. The van der Waals surface area contributed by atoms with Crippen LogP contribution >= 0.6 is 0 Å². The molecule has 3 nitrogen and oxygen atoms in total. The van der Waals surface area contributed by atoms with E-state index in [1.54, 1.807) is 20.8 Å². The van der Waals surface area contributed by atoms with Gasteiger partial charge in [-0.25, -0.2) is 4.21 Å². The van der Waals surface area contributed by atoms with Crippen LogP contribution in [0.15, 0.2) is 22.6 Å². The van der Waals surface area contributed by atoms with Crippen LogP contribution in [0, 0.1) is 0 Å². The molecule has 0 heterocycles. The van der Waals surface area contributed by atoms with Crippen molar-refractivity contribution in [1.29, 1.82) is 0 Å². The van der Waals surface area contributed by atoms with E-state index in [9.17, 15) is 17.4 Å². The Morgan fingerprint density at radius 2 is 1.85 bits per heavy atom. The number of halogens is 3. The minimum Gasteiger partial charge on any atom is -0.496 e. The Morgan fingerprint density at radius 1 is 1.25 bits per heavy atom. The minimum atomic E-state index is -4.43.